The Bertz CT molecular complexity index is 381. The average molecular weight is 176 g/mol. The summed E-state index contributed by atoms with van der Waals surface area (Å²) in [6.07, 6.45) is 0.405. The van der Waals surface area contributed by atoms with E-state index in [4.69, 9.17) is 4.74 Å². The van der Waals surface area contributed by atoms with Crippen molar-refractivity contribution in [2.24, 2.45) is 0 Å². The van der Waals surface area contributed by atoms with Gasteiger partial charge in [-0.05, 0) is 17.5 Å². The SMILES string of the molecule is c1ccc2sc([C@H]3CO3)cc2c1. The molecule has 0 aliphatic carbocycles. The van der Waals surface area contributed by atoms with E-state index >= 15 is 0 Å². The Morgan fingerprint density at radius 1 is 1.33 bits per heavy atom. The van der Waals surface area contributed by atoms with Crippen LogP contribution in [-0.2, 0) is 4.74 Å². The normalized spacial score (nSPS) is 21.5. The molecule has 1 atom stereocenters. The summed E-state index contributed by atoms with van der Waals surface area (Å²) in [6.45, 7) is 0.910. The second-order valence-electron chi connectivity index (χ2n) is 3.01. The molecule has 0 radical (unpaired) electrons. The van der Waals surface area contributed by atoms with Gasteiger partial charge in [0.1, 0.15) is 6.10 Å². The quantitative estimate of drug-likeness (QED) is 0.608. The third-order valence-corrected chi connectivity index (χ3v) is 3.30. The second-order valence-corrected chi connectivity index (χ2v) is 4.12. The molecule has 1 aliphatic heterocycles. The number of ether oxygens (including phenoxy) is 1. The van der Waals surface area contributed by atoms with Gasteiger partial charge >= 0.3 is 0 Å². The Morgan fingerprint density at radius 3 is 2.92 bits per heavy atom. The molecule has 2 aromatic rings. The van der Waals surface area contributed by atoms with Gasteiger partial charge in [-0.25, -0.2) is 0 Å². The molecule has 0 N–H and O–H groups in total. The number of benzene rings is 1. The van der Waals surface area contributed by atoms with Crippen molar-refractivity contribution in [1.82, 2.24) is 0 Å². The molecule has 3 rings (SSSR count). The van der Waals surface area contributed by atoms with Gasteiger partial charge in [0.2, 0.25) is 0 Å². The first-order valence-corrected chi connectivity index (χ1v) is 4.85. The van der Waals surface area contributed by atoms with Gasteiger partial charge < -0.3 is 4.74 Å². The number of hydrogen-bond acceptors (Lipinski definition) is 2. The van der Waals surface area contributed by atoms with Crippen LogP contribution in [0.3, 0.4) is 0 Å². The lowest BCUT2D eigenvalue weighted by Crippen LogP contribution is -1.66. The molecule has 60 valence electrons. The molecule has 1 aliphatic rings. The molecular formula is C10H8OS. The highest BCUT2D eigenvalue weighted by Gasteiger charge is 2.26. The van der Waals surface area contributed by atoms with Crippen molar-refractivity contribution in [1.29, 1.82) is 0 Å². The van der Waals surface area contributed by atoms with Gasteiger partial charge in [-0.15, -0.1) is 11.3 Å². The number of rotatable bonds is 1. The topological polar surface area (TPSA) is 12.5 Å². The summed E-state index contributed by atoms with van der Waals surface area (Å²) >= 11 is 1.84. The molecule has 1 fully saturated rings. The van der Waals surface area contributed by atoms with Crippen LogP contribution in [0, 0.1) is 0 Å². The summed E-state index contributed by atoms with van der Waals surface area (Å²) in [5.41, 5.74) is 0. The van der Waals surface area contributed by atoms with E-state index in [-0.39, 0.29) is 0 Å². The zero-order valence-corrected chi connectivity index (χ0v) is 7.30. The van der Waals surface area contributed by atoms with Crippen LogP contribution in [0.5, 0.6) is 0 Å². The maximum absolute atomic E-state index is 5.23. The van der Waals surface area contributed by atoms with E-state index in [1.54, 1.807) is 0 Å². The van der Waals surface area contributed by atoms with Crippen LogP contribution in [0.2, 0.25) is 0 Å². The Labute approximate surface area is 74.6 Å². The molecule has 1 aromatic carbocycles. The Morgan fingerprint density at radius 2 is 2.17 bits per heavy atom. The van der Waals surface area contributed by atoms with Crippen LogP contribution in [0.25, 0.3) is 10.1 Å². The number of thiophene rings is 1. The molecule has 0 saturated carbocycles. The molecule has 1 aromatic heterocycles. The Hall–Kier alpha value is -0.860. The minimum Gasteiger partial charge on any atom is -0.367 e. The molecule has 0 bridgehead atoms. The lowest BCUT2D eigenvalue weighted by atomic mass is 10.2. The Kier molecular flexibility index (Phi) is 1.28. The fourth-order valence-electron chi connectivity index (χ4n) is 1.37. The number of hydrogen-bond donors (Lipinski definition) is 0. The monoisotopic (exact) mass is 176 g/mol. The largest absolute Gasteiger partial charge is 0.367 e. The molecule has 0 amide bonds. The zero-order chi connectivity index (χ0) is 7.97. The van der Waals surface area contributed by atoms with Crippen molar-refractivity contribution in [3.05, 3.63) is 35.2 Å². The molecule has 0 unspecified atom stereocenters. The summed E-state index contributed by atoms with van der Waals surface area (Å²) in [7, 11) is 0. The van der Waals surface area contributed by atoms with Crippen molar-refractivity contribution < 1.29 is 4.74 Å². The highest BCUT2D eigenvalue weighted by molar-refractivity contribution is 7.19. The van der Waals surface area contributed by atoms with E-state index in [1.165, 1.54) is 15.0 Å². The molecule has 2 heterocycles. The van der Waals surface area contributed by atoms with Crippen molar-refractivity contribution >= 4 is 21.4 Å². The van der Waals surface area contributed by atoms with Crippen LogP contribution >= 0.6 is 11.3 Å². The van der Waals surface area contributed by atoms with E-state index in [2.05, 4.69) is 30.3 Å². The average Bonchev–Trinajstić information content (AvgIpc) is 2.85. The van der Waals surface area contributed by atoms with Crippen LogP contribution in [0.1, 0.15) is 11.0 Å². The molecule has 1 nitrogen and oxygen atoms in total. The van der Waals surface area contributed by atoms with Gasteiger partial charge in [0.15, 0.2) is 0 Å². The minimum absolute atomic E-state index is 0.405. The first kappa shape index (κ1) is 6.63. The summed E-state index contributed by atoms with van der Waals surface area (Å²) in [5.74, 6) is 0. The first-order valence-electron chi connectivity index (χ1n) is 4.03. The molecule has 0 spiro atoms. The van der Waals surface area contributed by atoms with E-state index in [0.29, 0.717) is 6.10 Å². The summed E-state index contributed by atoms with van der Waals surface area (Å²) in [4.78, 5) is 1.37. The van der Waals surface area contributed by atoms with Gasteiger partial charge in [0.25, 0.3) is 0 Å². The minimum atomic E-state index is 0.405. The maximum Gasteiger partial charge on any atom is 0.115 e. The number of fused-ring (bicyclic) bond motifs is 1. The highest BCUT2D eigenvalue weighted by Crippen LogP contribution is 2.37. The van der Waals surface area contributed by atoms with Crippen LogP contribution in [0.4, 0.5) is 0 Å². The molecule has 12 heavy (non-hydrogen) atoms. The van der Waals surface area contributed by atoms with Gasteiger partial charge in [-0.2, -0.15) is 0 Å². The van der Waals surface area contributed by atoms with Gasteiger partial charge in [0, 0.05) is 9.58 Å². The summed E-state index contributed by atoms with van der Waals surface area (Å²) in [5, 5.41) is 1.34. The highest BCUT2D eigenvalue weighted by atomic mass is 32.1. The van der Waals surface area contributed by atoms with E-state index in [9.17, 15) is 0 Å². The summed E-state index contributed by atoms with van der Waals surface area (Å²) in [6, 6.07) is 10.7. The molecular weight excluding hydrogens is 168 g/mol. The lowest BCUT2D eigenvalue weighted by molar-refractivity contribution is 0.418. The van der Waals surface area contributed by atoms with E-state index in [0.717, 1.165) is 6.61 Å². The van der Waals surface area contributed by atoms with Crippen molar-refractivity contribution in [2.75, 3.05) is 6.61 Å². The van der Waals surface area contributed by atoms with Crippen molar-refractivity contribution in [3.63, 3.8) is 0 Å². The standard InChI is InChI=1S/C10H8OS/c1-2-4-9-7(3-1)5-10(12-9)8-6-11-8/h1-5,8H,6H2/t8-/m1/s1. The predicted molar refractivity (Wildman–Crippen MR) is 50.5 cm³/mol. The van der Waals surface area contributed by atoms with Crippen molar-refractivity contribution in [2.45, 2.75) is 6.10 Å². The van der Waals surface area contributed by atoms with Gasteiger partial charge in [-0.3, -0.25) is 0 Å². The fraction of sp³-hybridized carbons (Fsp3) is 0.200. The van der Waals surface area contributed by atoms with Gasteiger partial charge in [0.05, 0.1) is 6.61 Å². The molecule has 1 saturated heterocycles. The zero-order valence-electron chi connectivity index (χ0n) is 6.49. The van der Waals surface area contributed by atoms with Gasteiger partial charge in [-0.1, -0.05) is 18.2 Å². The lowest BCUT2D eigenvalue weighted by Gasteiger charge is -1.82. The van der Waals surface area contributed by atoms with Crippen LogP contribution in [0.15, 0.2) is 30.3 Å². The van der Waals surface area contributed by atoms with E-state index in [1.807, 2.05) is 11.3 Å². The van der Waals surface area contributed by atoms with Crippen LogP contribution < -0.4 is 0 Å². The smallest absolute Gasteiger partial charge is 0.115 e. The third-order valence-electron chi connectivity index (χ3n) is 2.10. The van der Waals surface area contributed by atoms with Crippen molar-refractivity contribution in [3.8, 4) is 0 Å². The van der Waals surface area contributed by atoms with Crippen LogP contribution in [-0.4, -0.2) is 6.61 Å². The number of epoxide rings is 1. The summed E-state index contributed by atoms with van der Waals surface area (Å²) < 4.78 is 6.60. The predicted octanol–water partition coefficient (Wildman–Crippen LogP) is 2.97. The maximum atomic E-state index is 5.23. The fourth-order valence-corrected chi connectivity index (χ4v) is 2.47. The Balaban J connectivity index is 2.23. The third kappa shape index (κ3) is 0.958. The first-order chi connectivity index (χ1) is 5.93. The van der Waals surface area contributed by atoms with E-state index < -0.39 is 0 Å². The molecule has 2 heteroatoms. The second kappa shape index (κ2) is 2.31.